The number of hydrogen-bond acceptors (Lipinski definition) is 3. The number of halogens is 3. The molecule has 0 aliphatic heterocycles. The second-order valence-corrected chi connectivity index (χ2v) is 4.29. The zero-order valence-corrected chi connectivity index (χ0v) is 9.57. The molecule has 0 amide bonds. The van der Waals surface area contributed by atoms with Crippen LogP contribution in [0.4, 0.5) is 13.2 Å². The molecule has 0 bridgehead atoms. The third-order valence-electron chi connectivity index (χ3n) is 2.71. The first-order chi connectivity index (χ1) is 8.48. The first-order valence-corrected chi connectivity index (χ1v) is 5.70. The second-order valence-electron chi connectivity index (χ2n) is 4.29. The van der Waals surface area contributed by atoms with Gasteiger partial charge in [0.2, 0.25) is 0 Å². The molecule has 1 aromatic carbocycles. The lowest BCUT2D eigenvalue weighted by molar-refractivity contribution is -0.274. The van der Waals surface area contributed by atoms with Gasteiger partial charge in [-0.15, -0.1) is 13.2 Å². The van der Waals surface area contributed by atoms with Crippen LogP contribution in [0.1, 0.15) is 24.4 Å². The highest BCUT2D eigenvalue weighted by molar-refractivity contribution is 5.29. The molecule has 100 valence electrons. The second kappa shape index (κ2) is 5.16. The minimum atomic E-state index is -4.68. The minimum Gasteiger partial charge on any atom is -0.406 e. The molecule has 1 fully saturated rings. The van der Waals surface area contributed by atoms with Crippen molar-refractivity contribution in [3.8, 4) is 5.75 Å². The van der Waals surface area contributed by atoms with Crippen molar-refractivity contribution in [3.05, 3.63) is 29.8 Å². The van der Waals surface area contributed by atoms with Gasteiger partial charge in [-0.1, -0.05) is 12.1 Å². The summed E-state index contributed by atoms with van der Waals surface area (Å²) >= 11 is 0. The first-order valence-electron chi connectivity index (χ1n) is 5.70. The van der Waals surface area contributed by atoms with Crippen molar-refractivity contribution >= 4 is 0 Å². The highest BCUT2D eigenvalue weighted by atomic mass is 19.4. The van der Waals surface area contributed by atoms with Gasteiger partial charge in [0.05, 0.1) is 12.6 Å². The van der Waals surface area contributed by atoms with E-state index in [1.165, 1.54) is 24.3 Å². The number of benzene rings is 1. The predicted octanol–water partition coefficient (Wildman–Crippen LogP) is 2.37. The maximum absolute atomic E-state index is 12.0. The van der Waals surface area contributed by atoms with Gasteiger partial charge in [-0.05, 0) is 30.5 Å². The molecule has 3 nitrogen and oxygen atoms in total. The fourth-order valence-corrected chi connectivity index (χ4v) is 1.69. The van der Waals surface area contributed by atoms with E-state index in [-0.39, 0.29) is 18.4 Å². The van der Waals surface area contributed by atoms with E-state index in [4.69, 9.17) is 0 Å². The summed E-state index contributed by atoms with van der Waals surface area (Å²) < 4.78 is 39.7. The van der Waals surface area contributed by atoms with Crippen molar-refractivity contribution in [3.63, 3.8) is 0 Å². The quantitative estimate of drug-likeness (QED) is 0.855. The SMILES string of the molecule is OCC(NC1CC1)c1ccc(OC(F)(F)F)cc1. The van der Waals surface area contributed by atoms with Gasteiger partial charge in [0.15, 0.2) is 0 Å². The highest BCUT2D eigenvalue weighted by Crippen LogP contribution is 2.27. The molecule has 2 N–H and O–H groups in total. The lowest BCUT2D eigenvalue weighted by Crippen LogP contribution is -2.26. The molecule has 0 radical (unpaired) electrons. The average molecular weight is 261 g/mol. The minimum absolute atomic E-state index is 0.0873. The van der Waals surface area contributed by atoms with Crippen molar-refractivity contribution in [2.24, 2.45) is 0 Å². The normalized spacial score (nSPS) is 17.6. The van der Waals surface area contributed by atoms with E-state index in [0.29, 0.717) is 6.04 Å². The summed E-state index contributed by atoms with van der Waals surface area (Å²) in [5, 5.41) is 12.4. The van der Waals surface area contributed by atoms with Crippen LogP contribution in [0.2, 0.25) is 0 Å². The van der Waals surface area contributed by atoms with Crippen molar-refractivity contribution in [2.75, 3.05) is 6.61 Å². The van der Waals surface area contributed by atoms with Crippen LogP contribution in [0, 0.1) is 0 Å². The standard InChI is InChI=1S/C12H14F3NO2/c13-12(14,15)18-10-5-1-8(2-6-10)11(7-17)16-9-3-4-9/h1-2,5-6,9,11,16-17H,3-4,7H2. The number of rotatable bonds is 5. The third kappa shape index (κ3) is 3.89. The summed E-state index contributed by atoms with van der Waals surface area (Å²) in [5.74, 6) is -0.255. The zero-order valence-electron chi connectivity index (χ0n) is 9.57. The van der Waals surface area contributed by atoms with E-state index in [1.807, 2.05) is 0 Å². The van der Waals surface area contributed by atoms with Crippen LogP contribution < -0.4 is 10.1 Å². The van der Waals surface area contributed by atoms with Gasteiger partial charge in [-0.25, -0.2) is 0 Å². The predicted molar refractivity (Wildman–Crippen MR) is 59.1 cm³/mol. The molecule has 2 rings (SSSR count). The molecule has 0 saturated heterocycles. The lowest BCUT2D eigenvalue weighted by Gasteiger charge is -2.17. The van der Waals surface area contributed by atoms with E-state index >= 15 is 0 Å². The molecule has 1 aliphatic carbocycles. The molecule has 0 spiro atoms. The Hall–Kier alpha value is -1.27. The monoisotopic (exact) mass is 261 g/mol. The largest absolute Gasteiger partial charge is 0.573 e. The van der Waals surface area contributed by atoms with E-state index in [9.17, 15) is 18.3 Å². The summed E-state index contributed by atoms with van der Waals surface area (Å²) in [6.07, 6.45) is -2.53. The molecule has 0 heterocycles. The van der Waals surface area contributed by atoms with Gasteiger partial charge >= 0.3 is 6.36 Å². The summed E-state index contributed by atoms with van der Waals surface area (Å²) in [6.45, 7) is -0.0873. The molecule has 6 heteroatoms. The number of hydrogen-bond donors (Lipinski definition) is 2. The summed E-state index contributed by atoms with van der Waals surface area (Å²) in [4.78, 5) is 0. The molecule has 18 heavy (non-hydrogen) atoms. The topological polar surface area (TPSA) is 41.5 Å². The van der Waals surface area contributed by atoms with Crippen LogP contribution in [0.5, 0.6) is 5.75 Å². The highest BCUT2D eigenvalue weighted by Gasteiger charge is 2.31. The maximum atomic E-state index is 12.0. The smallest absolute Gasteiger partial charge is 0.406 e. The van der Waals surface area contributed by atoms with Crippen molar-refractivity contribution in [2.45, 2.75) is 31.3 Å². The Kier molecular flexibility index (Phi) is 3.77. The Morgan fingerprint density at radius 2 is 1.89 bits per heavy atom. The van der Waals surface area contributed by atoms with Crippen molar-refractivity contribution in [1.29, 1.82) is 0 Å². The number of alkyl halides is 3. The number of nitrogens with one attached hydrogen (secondary N) is 1. The summed E-state index contributed by atoms with van der Waals surface area (Å²) in [6, 6.07) is 5.72. The average Bonchev–Trinajstić information content (AvgIpc) is 3.09. The summed E-state index contributed by atoms with van der Waals surface area (Å²) in [5.41, 5.74) is 0.749. The van der Waals surface area contributed by atoms with Crippen LogP contribution in [0.15, 0.2) is 24.3 Å². The Balaban J connectivity index is 2.00. The van der Waals surface area contributed by atoms with Crippen LogP contribution in [-0.2, 0) is 0 Å². The maximum Gasteiger partial charge on any atom is 0.573 e. The Labute approximate surface area is 103 Å². The number of aliphatic hydroxyl groups excluding tert-OH is 1. The molecule has 1 aliphatic rings. The van der Waals surface area contributed by atoms with Gasteiger partial charge in [0.1, 0.15) is 5.75 Å². The molecule has 0 aromatic heterocycles. The van der Waals surface area contributed by atoms with Gasteiger partial charge in [0, 0.05) is 6.04 Å². The van der Waals surface area contributed by atoms with Crippen molar-refractivity contribution in [1.82, 2.24) is 5.32 Å². The van der Waals surface area contributed by atoms with Crippen LogP contribution in [0.25, 0.3) is 0 Å². The zero-order chi connectivity index (χ0) is 13.2. The molecular formula is C12H14F3NO2. The Morgan fingerprint density at radius 3 is 2.33 bits per heavy atom. The van der Waals surface area contributed by atoms with Gasteiger partial charge in [0.25, 0.3) is 0 Å². The van der Waals surface area contributed by atoms with E-state index < -0.39 is 6.36 Å². The molecule has 1 unspecified atom stereocenters. The molecule has 1 atom stereocenters. The molecule has 1 aromatic rings. The van der Waals surface area contributed by atoms with Gasteiger partial charge in [-0.3, -0.25) is 0 Å². The fraction of sp³-hybridized carbons (Fsp3) is 0.500. The number of aliphatic hydroxyl groups is 1. The molecular weight excluding hydrogens is 247 g/mol. The fourth-order valence-electron chi connectivity index (χ4n) is 1.69. The van der Waals surface area contributed by atoms with Crippen LogP contribution >= 0.6 is 0 Å². The Bertz CT molecular complexity index is 387. The number of ether oxygens (including phenoxy) is 1. The van der Waals surface area contributed by atoms with Crippen molar-refractivity contribution < 1.29 is 23.0 Å². The van der Waals surface area contributed by atoms with E-state index in [0.717, 1.165) is 18.4 Å². The third-order valence-corrected chi connectivity index (χ3v) is 2.71. The Morgan fingerprint density at radius 1 is 1.28 bits per heavy atom. The first kappa shape index (κ1) is 13.2. The summed E-state index contributed by atoms with van der Waals surface area (Å²) in [7, 11) is 0. The van der Waals surface area contributed by atoms with Gasteiger partial charge < -0.3 is 15.2 Å². The molecule has 1 saturated carbocycles. The van der Waals surface area contributed by atoms with E-state index in [2.05, 4.69) is 10.1 Å². The van der Waals surface area contributed by atoms with Crippen LogP contribution in [-0.4, -0.2) is 24.1 Å². The van der Waals surface area contributed by atoms with Crippen LogP contribution in [0.3, 0.4) is 0 Å². The van der Waals surface area contributed by atoms with Gasteiger partial charge in [-0.2, -0.15) is 0 Å². The lowest BCUT2D eigenvalue weighted by atomic mass is 10.1. The van der Waals surface area contributed by atoms with E-state index in [1.54, 1.807) is 0 Å².